The zero-order valence-electron chi connectivity index (χ0n) is 15.8. The van der Waals surface area contributed by atoms with Crippen LogP contribution in [-0.2, 0) is 4.79 Å². The number of fused-ring (bicyclic) bond motifs is 1. The molecule has 0 atom stereocenters. The molecule has 0 radical (unpaired) electrons. The lowest BCUT2D eigenvalue weighted by Gasteiger charge is -2.06. The molecule has 144 valence electrons. The summed E-state index contributed by atoms with van der Waals surface area (Å²) < 4.78 is 19.4. The summed E-state index contributed by atoms with van der Waals surface area (Å²) in [6.45, 7) is 2.45. The van der Waals surface area contributed by atoms with E-state index in [1.54, 1.807) is 12.1 Å². The molecule has 0 unspecified atom stereocenters. The minimum atomic E-state index is -0.414. The van der Waals surface area contributed by atoms with Crippen molar-refractivity contribution < 1.29 is 13.9 Å². The molecule has 0 saturated carbocycles. The molecule has 5 heteroatoms. The predicted molar refractivity (Wildman–Crippen MR) is 107 cm³/mol. The average molecular weight is 370 g/mol. The number of carbonyl (C=O) groups is 1. The number of para-hydroxylation sites is 1. The lowest BCUT2D eigenvalue weighted by Crippen LogP contribution is -2.06. The Morgan fingerprint density at radius 1 is 1.15 bits per heavy atom. The van der Waals surface area contributed by atoms with Gasteiger partial charge in [0.05, 0.1) is 6.61 Å². The molecule has 1 amide bonds. The van der Waals surface area contributed by atoms with E-state index in [0.29, 0.717) is 18.0 Å². The first kappa shape index (κ1) is 20.6. The summed E-state index contributed by atoms with van der Waals surface area (Å²) in [7, 11) is 0. The molecule has 2 N–H and O–H groups in total. The van der Waals surface area contributed by atoms with Crippen LogP contribution in [0.5, 0.6) is 5.88 Å². The maximum atomic E-state index is 13.7. The van der Waals surface area contributed by atoms with Gasteiger partial charge in [-0.3, -0.25) is 4.79 Å². The van der Waals surface area contributed by atoms with Crippen molar-refractivity contribution in [3.63, 3.8) is 0 Å². The zero-order chi connectivity index (χ0) is 19.5. The topological polar surface area (TPSA) is 65.2 Å². The number of carbonyl (C=O) groups excluding carboxylic acids is 1. The van der Waals surface area contributed by atoms with Crippen molar-refractivity contribution in [1.29, 1.82) is 0 Å². The Morgan fingerprint density at radius 2 is 1.93 bits per heavy atom. The Kier molecular flexibility index (Phi) is 8.49. The number of primary amides is 1. The van der Waals surface area contributed by atoms with Gasteiger partial charge in [0.1, 0.15) is 11.3 Å². The number of nitrogens with two attached hydrogens (primary N) is 1. The van der Waals surface area contributed by atoms with Crippen LogP contribution in [-0.4, -0.2) is 17.5 Å². The molecule has 1 heterocycles. The highest BCUT2D eigenvalue weighted by Crippen LogP contribution is 2.19. The summed E-state index contributed by atoms with van der Waals surface area (Å²) in [5.74, 6) is -0.271. The second kappa shape index (κ2) is 11.1. The molecular weight excluding hydrogens is 343 g/mol. The summed E-state index contributed by atoms with van der Waals surface area (Å²) in [6, 6.07) is 8.52. The minimum absolute atomic E-state index is 0.327. The van der Waals surface area contributed by atoms with E-state index in [9.17, 15) is 9.18 Å². The summed E-state index contributed by atoms with van der Waals surface area (Å²) >= 11 is 0. The van der Waals surface area contributed by atoms with Crippen LogP contribution < -0.4 is 10.5 Å². The number of benzene rings is 1. The minimum Gasteiger partial charge on any atom is -0.478 e. The fourth-order valence-corrected chi connectivity index (χ4v) is 2.79. The number of allylic oxidation sites excluding steroid dienone is 3. The number of rotatable bonds is 11. The van der Waals surface area contributed by atoms with Crippen molar-refractivity contribution in [2.45, 2.75) is 45.4 Å². The third kappa shape index (κ3) is 7.60. The van der Waals surface area contributed by atoms with E-state index in [2.05, 4.69) is 11.1 Å². The summed E-state index contributed by atoms with van der Waals surface area (Å²) in [5, 5.41) is 0.775. The smallest absolute Gasteiger partial charge is 0.241 e. The second-order valence-electron chi connectivity index (χ2n) is 6.56. The first-order valence-electron chi connectivity index (χ1n) is 9.38. The van der Waals surface area contributed by atoms with Gasteiger partial charge >= 0.3 is 0 Å². The van der Waals surface area contributed by atoms with Crippen LogP contribution in [0, 0.1) is 5.82 Å². The Balaban J connectivity index is 1.57. The van der Waals surface area contributed by atoms with E-state index in [1.807, 2.05) is 25.1 Å². The molecule has 1 aromatic heterocycles. The Hall–Kier alpha value is -2.69. The van der Waals surface area contributed by atoms with E-state index in [4.69, 9.17) is 10.5 Å². The summed E-state index contributed by atoms with van der Waals surface area (Å²) in [6.07, 6.45) is 11.9. The number of unbranched alkanes of at least 4 members (excludes halogenated alkanes) is 5. The van der Waals surface area contributed by atoms with Gasteiger partial charge in [0.25, 0.3) is 0 Å². The molecule has 0 aliphatic heterocycles. The van der Waals surface area contributed by atoms with Crippen molar-refractivity contribution >= 4 is 16.8 Å². The van der Waals surface area contributed by atoms with Gasteiger partial charge in [-0.1, -0.05) is 43.5 Å². The van der Waals surface area contributed by atoms with Crippen LogP contribution in [0.4, 0.5) is 4.39 Å². The first-order valence-corrected chi connectivity index (χ1v) is 9.38. The lowest BCUT2D eigenvalue weighted by molar-refractivity contribution is -0.113. The Labute approximate surface area is 159 Å². The first-order chi connectivity index (χ1) is 13.1. The van der Waals surface area contributed by atoms with Crippen LogP contribution in [0.3, 0.4) is 0 Å². The van der Waals surface area contributed by atoms with Crippen LogP contribution >= 0.6 is 0 Å². The van der Waals surface area contributed by atoms with Gasteiger partial charge in [-0.2, -0.15) is 0 Å². The third-order valence-electron chi connectivity index (χ3n) is 4.16. The molecule has 2 aromatic rings. The van der Waals surface area contributed by atoms with Crippen molar-refractivity contribution in [2.75, 3.05) is 6.61 Å². The van der Waals surface area contributed by atoms with E-state index in [1.165, 1.54) is 12.1 Å². The molecule has 1 aromatic carbocycles. The molecule has 4 nitrogen and oxygen atoms in total. The van der Waals surface area contributed by atoms with E-state index in [0.717, 1.165) is 49.5 Å². The molecule has 0 aliphatic rings. The molecule has 0 fully saturated rings. The number of amides is 1. The number of pyridine rings is 1. The highest BCUT2D eigenvalue weighted by Gasteiger charge is 2.03. The number of hydrogen-bond acceptors (Lipinski definition) is 3. The van der Waals surface area contributed by atoms with Crippen LogP contribution in [0.2, 0.25) is 0 Å². The number of hydrogen-bond donors (Lipinski definition) is 1. The van der Waals surface area contributed by atoms with Gasteiger partial charge < -0.3 is 10.5 Å². The zero-order valence-corrected chi connectivity index (χ0v) is 15.8. The van der Waals surface area contributed by atoms with Gasteiger partial charge in [0, 0.05) is 17.5 Å². The number of aromatic nitrogens is 1. The largest absolute Gasteiger partial charge is 0.478 e. The molecule has 2 rings (SSSR count). The lowest BCUT2D eigenvalue weighted by atomic mass is 10.1. The average Bonchev–Trinajstić information content (AvgIpc) is 2.63. The maximum absolute atomic E-state index is 13.7. The van der Waals surface area contributed by atoms with Crippen molar-refractivity contribution in [3.05, 3.63) is 60.0 Å². The van der Waals surface area contributed by atoms with Crippen LogP contribution in [0.25, 0.3) is 10.9 Å². The summed E-state index contributed by atoms with van der Waals surface area (Å²) in [5.41, 5.74) is 6.32. The van der Waals surface area contributed by atoms with Gasteiger partial charge in [-0.15, -0.1) is 0 Å². The van der Waals surface area contributed by atoms with Crippen molar-refractivity contribution in [3.8, 4) is 5.88 Å². The monoisotopic (exact) mass is 370 g/mol. The quantitative estimate of drug-likeness (QED) is 0.341. The third-order valence-corrected chi connectivity index (χ3v) is 4.16. The number of ether oxygens (including phenoxy) is 1. The molecule has 0 aliphatic carbocycles. The molecule has 0 bridgehead atoms. The SMILES string of the molecule is CC(/C=C/CCCCCCCOc1ccc2cccc(F)c2n1)=C\C(N)=O. The standard InChI is InChI=1S/C22H27FN2O2/c1-17(16-20(24)26)10-7-5-3-2-4-6-8-15-27-21-14-13-18-11-9-12-19(23)22(18)25-21/h7,9-14,16H,2-6,8,15H2,1H3,(H2,24,26)/b10-7+,17-16+. The number of halogens is 1. The highest BCUT2D eigenvalue weighted by molar-refractivity contribution is 5.86. The Morgan fingerprint density at radius 3 is 2.74 bits per heavy atom. The fourth-order valence-electron chi connectivity index (χ4n) is 2.79. The van der Waals surface area contributed by atoms with Gasteiger partial charge in [0.2, 0.25) is 11.8 Å². The number of nitrogens with zero attached hydrogens (tertiary/aromatic N) is 1. The molecular formula is C22H27FN2O2. The fraction of sp³-hybridized carbons (Fsp3) is 0.364. The highest BCUT2D eigenvalue weighted by atomic mass is 19.1. The predicted octanol–water partition coefficient (Wildman–Crippen LogP) is 5.08. The Bertz CT molecular complexity index is 815. The normalized spacial score (nSPS) is 12.0. The van der Waals surface area contributed by atoms with Crippen molar-refractivity contribution in [2.24, 2.45) is 5.73 Å². The van der Waals surface area contributed by atoms with Crippen LogP contribution in [0.15, 0.2) is 54.1 Å². The van der Waals surface area contributed by atoms with Gasteiger partial charge in [-0.25, -0.2) is 9.37 Å². The second-order valence-corrected chi connectivity index (χ2v) is 6.56. The maximum Gasteiger partial charge on any atom is 0.241 e. The molecule has 0 spiro atoms. The summed E-state index contributed by atoms with van der Waals surface area (Å²) in [4.78, 5) is 15.0. The van der Waals surface area contributed by atoms with Gasteiger partial charge in [0.15, 0.2) is 0 Å². The van der Waals surface area contributed by atoms with Crippen LogP contribution in [0.1, 0.15) is 45.4 Å². The van der Waals surface area contributed by atoms with Crippen molar-refractivity contribution in [1.82, 2.24) is 4.98 Å². The molecule has 27 heavy (non-hydrogen) atoms. The molecule has 0 saturated heterocycles. The van der Waals surface area contributed by atoms with E-state index >= 15 is 0 Å². The van der Waals surface area contributed by atoms with E-state index < -0.39 is 5.91 Å². The van der Waals surface area contributed by atoms with Gasteiger partial charge in [-0.05, 0) is 43.9 Å². The van der Waals surface area contributed by atoms with E-state index in [-0.39, 0.29) is 5.82 Å².